The fourth-order valence-corrected chi connectivity index (χ4v) is 5.08. The summed E-state index contributed by atoms with van der Waals surface area (Å²) >= 11 is 7.66. The second kappa shape index (κ2) is 9.56. The summed E-state index contributed by atoms with van der Waals surface area (Å²) in [5.74, 6) is -1.41. The van der Waals surface area contributed by atoms with E-state index in [-0.39, 0.29) is 19.5 Å². The molecule has 3 aromatic rings. The monoisotopic (exact) mass is 519 g/mol. The van der Waals surface area contributed by atoms with Crippen molar-refractivity contribution >= 4 is 40.0 Å². The van der Waals surface area contributed by atoms with Gasteiger partial charge in [0.05, 0.1) is 0 Å². The minimum atomic E-state index is -5.18. The Morgan fingerprint density at radius 1 is 1.14 bits per heavy atom. The van der Waals surface area contributed by atoms with Gasteiger partial charge in [-0.05, 0) is 36.1 Å². The first-order valence-corrected chi connectivity index (χ1v) is 11.8. The van der Waals surface area contributed by atoms with E-state index in [0.29, 0.717) is 15.0 Å². The topological polar surface area (TPSA) is 66.3 Å². The van der Waals surface area contributed by atoms with Gasteiger partial charge in [0.1, 0.15) is 10.0 Å². The van der Waals surface area contributed by atoms with Gasteiger partial charge in [-0.25, -0.2) is 0 Å². The molecule has 182 valence electrons. The van der Waals surface area contributed by atoms with Crippen LogP contribution < -0.4 is 0 Å². The Morgan fingerprint density at radius 3 is 2.40 bits per heavy atom. The molecule has 1 N–H and O–H groups in total. The van der Waals surface area contributed by atoms with Crippen LogP contribution in [-0.4, -0.2) is 45.4 Å². The SMILES string of the molecule is C=C(C)c1ccc(-c2nnc(C3=CCN(C(=O)C(O)(c4ccccc4)C(F)(F)F)CC3)s2)cc1Cl. The lowest BCUT2D eigenvalue weighted by Gasteiger charge is -2.36. The van der Waals surface area contributed by atoms with Crippen LogP contribution in [0.1, 0.15) is 29.5 Å². The molecule has 0 saturated heterocycles. The Kier molecular flexibility index (Phi) is 6.86. The highest BCUT2D eigenvalue weighted by Gasteiger charge is 2.62. The van der Waals surface area contributed by atoms with Gasteiger partial charge in [0.2, 0.25) is 0 Å². The summed E-state index contributed by atoms with van der Waals surface area (Å²) in [6, 6.07) is 11.9. The van der Waals surface area contributed by atoms with Crippen LogP contribution in [-0.2, 0) is 10.4 Å². The van der Waals surface area contributed by atoms with Crippen LogP contribution >= 0.6 is 22.9 Å². The highest BCUT2D eigenvalue weighted by atomic mass is 35.5. The van der Waals surface area contributed by atoms with Crippen LogP contribution in [0, 0.1) is 0 Å². The molecule has 0 spiro atoms. The van der Waals surface area contributed by atoms with Gasteiger partial charge in [0.25, 0.3) is 11.5 Å². The van der Waals surface area contributed by atoms with Gasteiger partial charge in [0.15, 0.2) is 0 Å². The lowest BCUT2D eigenvalue weighted by Crippen LogP contribution is -2.56. The summed E-state index contributed by atoms with van der Waals surface area (Å²) in [5, 5.41) is 20.8. The van der Waals surface area contributed by atoms with E-state index >= 15 is 0 Å². The van der Waals surface area contributed by atoms with Crippen LogP contribution in [0.3, 0.4) is 0 Å². The van der Waals surface area contributed by atoms with E-state index in [1.807, 2.05) is 19.1 Å². The van der Waals surface area contributed by atoms with E-state index in [1.165, 1.54) is 29.5 Å². The molecule has 1 atom stereocenters. The highest BCUT2D eigenvalue weighted by molar-refractivity contribution is 7.15. The van der Waals surface area contributed by atoms with Crippen molar-refractivity contribution in [3.05, 3.63) is 82.3 Å². The van der Waals surface area contributed by atoms with E-state index < -0.39 is 23.2 Å². The Hall–Kier alpha value is -3.01. The molecule has 35 heavy (non-hydrogen) atoms. The number of carbonyl (C=O) groups is 1. The van der Waals surface area contributed by atoms with Crippen LogP contribution in [0.4, 0.5) is 13.2 Å². The molecule has 2 aromatic carbocycles. The molecule has 1 aliphatic rings. The molecular formula is C25H21ClF3N3O2S. The smallest absolute Gasteiger partial charge is 0.369 e. The normalized spacial score (nSPS) is 15.9. The van der Waals surface area contributed by atoms with E-state index in [9.17, 15) is 23.1 Å². The van der Waals surface area contributed by atoms with Crippen LogP contribution in [0.15, 0.2) is 61.2 Å². The Labute approximate surface area is 209 Å². The van der Waals surface area contributed by atoms with Gasteiger partial charge in [-0.15, -0.1) is 10.2 Å². The van der Waals surface area contributed by atoms with Crippen molar-refractivity contribution in [3.63, 3.8) is 0 Å². The Morgan fingerprint density at radius 2 is 1.83 bits per heavy atom. The summed E-state index contributed by atoms with van der Waals surface area (Å²) in [4.78, 5) is 13.9. The molecule has 0 radical (unpaired) electrons. The molecule has 1 amide bonds. The first kappa shape index (κ1) is 25.1. The first-order chi connectivity index (χ1) is 16.5. The van der Waals surface area contributed by atoms with Gasteiger partial charge in [-0.2, -0.15) is 13.2 Å². The van der Waals surface area contributed by atoms with E-state index in [0.717, 1.165) is 39.3 Å². The van der Waals surface area contributed by atoms with Crippen molar-refractivity contribution in [1.82, 2.24) is 15.1 Å². The molecule has 1 aliphatic heterocycles. The largest absolute Gasteiger partial charge is 0.430 e. The van der Waals surface area contributed by atoms with Gasteiger partial charge >= 0.3 is 6.18 Å². The minimum Gasteiger partial charge on any atom is -0.369 e. The lowest BCUT2D eigenvalue weighted by atomic mass is 9.90. The number of aromatic nitrogens is 2. The Balaban J connectivity index is 1.54. The zero-order chi connectivity index (χ0) is 25.4. The average Bonchev–Trinajstić information content (AvgIpc) is 3.33. The third-order valence-corrected chi connectivity index (χ3v) is 7.14. The van der Waals surface area contributed by atoms with E-state index in [4.69, 9.17) is 11.6 Å². The number of hydrogen-bond acceptors (Lipinski definition) is 5. The van der Waals surface area contributed by atoms with Gasteiger partial charge < -0.3 is 10.0 Å². The van der Waals surface area contributed by atoms with Gasteiger partial charge in [0, 0.05) is 29.2 Å². The number of alkyl halides is 3. The number of amides is 1. The second-order valence-corrected chi connectivity index (χ2v) is 9.58. The summed E-state index contributed by atoms with van der Waals surface area (Å²) in [7, 11) is 0. The number of hydrogen-bond donors (Lipinski definition) is 1. The highest BCUT2D eigenvalue weighted by Crippen LogP contribution is 2.41. The summed E-state index contributed by atoms with van der Waals surface area (Å²) in [6.45, 7) is 5.67. The zero-order valence-corrected chi connectivity index (χ0v) is 20.2. The Bertz CT molecular complexity index is 1310. The molecule has 1 aromatic heterocycles. The second-order valence-electron chi connectivity index (χ2n) is 8.19. The predicted molar refractivity (Wildman–Crippen MR) is 131 cm³/mol. The van der Waals surface area contributed by atoms with Gasteiger partial charge in [-0.1, -0.05) is 78.1 Å². The zero-order valence-electron chi connectivity index (χ0n) is 18.6. The number of nitrogens with zero attached hydrogens (tertiary/aromatic N) is 3. The molecule has 2 heterocycles. The number of benzene rings is 2. The maximum Gasteiger partial charge on any atom is 0.430 e. The molecule has 0 bridgehead atoms. The van der Waals surface area contributed by atoms with Crippen LogP contribution in [0.5, 0.6) is 0 Å². The third-order valence-electron chi connectivity index (χ3n) is 5.78. The molecule has 10 heteroatoms. The summed E-state index contributed by atoms with van der Waals surface area (Å²) < 4.78 is 41.6. The number of rotatable bonds is 5. The number of carbonyl (C=O) groups excluding carboxylic acids is 1. The predicted octanol–water partition coefficient (Wildman–Crippen LogP) is 5.96. The fraction of sp³-hybridized carbons (Fsp3) is 0.240. The summed E-state index contributed by atoms with van der Waals surface area (Å²) in [6.07, 6.45) is -3.26. The molecule has 5 nitrogen and oxygen atoms in total. The van der Waals surface area contributed by atoms with Crippen molar-refractivity contribution in [1.29, 1.82) is 0 Å². The van der Waals surface area contributed by atoms with Crippen molar-refractivity contribution in [2.75, 3.05) is 13.1 Å². The summed E-state index contributed by atoms with van der Waals surface area (Å²) in [5.41, 5.74) is -0.889. The minimum absolute atomic E-state index is 0.00391. The number of aliphatic hydroxyl groups is 1. The van der Waals surface area contributed by atoms with Crippen LogP contribution in [0.25, 0.3) is 21.7 Å². The molecule has 4 rings (SSSR count). The van der Waals surface area contributed by atoms with Gasteiger partial charge in [-0.3, -0.25) is 4.79 Å². The molecule has 0 aliphatic carbocycles. The maximum absolute atomic E-state index is 13.9. The number of halogens is 4. The molecular weight excluding hydrogens is 499 g/mol. The van der Waals surface area contributed by atoms with Crippen LogP contribution in [0.2, 0.25) is 5.02 Å². The quantitative estimate of drug-likeness (QED) is 0.452. The molecule has 1 unspecified atom stereocenters. The maximum atomic E-state index is 13.9. The standard InChI is InChI=1S/C25H21ClF3N3O2S/c1-15(2)19-9-8-17(14-20(19)26)22-31-30-21(35-22)16-10-12-32(13-11-16)23(33)24(34,25(27,28)29)18-6-4-3-5-7-18/h3-10,14,34H,1,11-13H2,2H3. The third kappa shape index (κ3) is 4.76. The fourth-order valence-electron chi connectivity index (χ4n) is 3.83. The van der Waals surface area contributed by atoms with E-state index in [1.54, 1.807) is 12.1 Å². The van der Waals surface area contributed by atoms with Crippen molar-refractivity contribution in [3.8, 4) is 10.6 Å². The van der Waals surface area contributed by atoms with Crippen molar-refractivity contribution in [2.24, 2.45) is 0 Å². The lowest BCUT2D eigenvalue weighted by molar-refractivity contribution is -0.261. The first-order valence-electron chi connectivity index (χ1n) is 10.6. The van der Waals surface area contributed by atoms with E-state index in [2.05, 4.69) is 16.8 Å². The molecule has 0 fully saturated rings. The number of allylic oxidation sites excluding steroid dienone is 1. The van der Waals surface area contributed by atoms with Crippen molar-refractivity contribution < 1.29 is 23.1 Å². The average molecular weight is 520 g/mol. The molecule has 0 saturated carbocycles. The van der Waals surface area contributed by atoms with Crippen molar-refractivity contribution in [2.45, 2.75) is 25.1 Å².